The zero-order valence-electron chi connectivity index (χ0n) is 10.8. The molecule has 1 heterocycles. The van der Waals surface area contributed by atoms with Gasteiger partial charge in [0.05, 0.1) is 6.61 Å². The van der Waals surface area contributed by atoms with Gasteiger partial charge in [-0.05, 0) is 63.9 Å². The lowest BCUT2D eigenvalue weighted by atomic mass is 9.93. The smallest absolute Gasteiger partial charge is 0.119 e. The molecule has 0 aromatic heterocycles. The zero-order chi connectivity index (χ0) is 11.9. The van der Waals surface area contributed by atoms with Crippen molar-refractivity contribution in [2.45, 2.75) is 25.7 Å². The van der Waals surface area contributed by atoms with Gasteiger partial charge < -0.3 is 9.64 Å². The summed E-state index contributed by atoms with van der Waals surface area (Å²) in [6, 6.07) is 10.1. The van der Waals surface area contributed by atoms with Gasteiger partial charge in [0.25, 0.3) is 0 Å². The summed E-state index contributed by atoms with van der Waals surface area (Å²) in [5.41, 5.74) is 0. The average Bonchev–Trinajstić information content (AvgIpc) is 2.38. The number of piperidine rings is 1. The van der Waals surface area contributed by atoms with Crippen LogP contribution in [0.5, 0.6) is 5.75 Å². The van der Waals surface area contributed by atoms with Gasteiger partial charge in [-0.1, -0.05) is 18.2 Å². The van der Waals surface area contributed by atoms with E-state index in [9.17, 15) is 0 Å². The lowest BCUT2D eigenvalue weighted by molar-refractivity contribution is 0.200. The molecule has 0 bridgehead atoms. The van der Waals surface area contributed by atoms with Gasteiger partial charge in [0.2, 0.25) is 0 Å². The molecule has 1 aromatic rings. The molecule has 0 radical (unpaired) electrons. The first kappa shape index (κ1) is 12.4. The van der Waals surface area contributed by atoms with Crippen molar-refractivity contribution in [3.05, 3.63) is 30.3 Å². The second-order valence-electron chi connectivity index (χ2n) is 5.05. The molecule has 0 saturated carbocycles. The Morgan fingerprint density at radius 2 is 1.88 bits per heavy atom. The van der Waals surface area contributed by atoms with E-state index in [4.69, 9.17) is 4.74 Å². The third kappa shape index (κ3) is 4.39. The van der Waals surface area contributed by atoms with E-state index in [0.717, 1.165) is 18.3 Å². The van der Waals surface area contributed by atoms with Crippen LogP contribution in [0, 0.1) is 5.92 Å². The van der Waals surface area contributed by atoms with Crippen LogP contribution in [0.4, 0.5) is 0 Å². The molecule has 94 valence electrons. The van der Waals surface area contributed by atoms with Crippen molar-refractivity contribution in [1.29, 1.82) is 0 Å². The van der Waals surface area contributed by atoms with Crippen molar-refractivity contribution in [3.63, 3.8) is 0 Å². The minimum absolute atomic E-state index is 0.857. The van der Waals surface area contributed by atoms with Crippen molar-refractivity contribution in [1.82, 2.24) is 4.90 Å². The van der Waals surface area contributed by atoms with Gasteiger partial charge in [0, 0.05) is 0 Å². The van der Waals surface area contributed by atoms with E-state index in [1.54, 1.807) is 0 Å². The number of hydrogen-bond acceptors (Lipinski definition) is 2. The van der Waals surface area contributed by atoms with E-state index >= 15 is 0 Å². The van der Waals surface area contributed by atoms with Crippen LogP contribution in [-0.4, -0.2) is 31.6 Å². The summed E-state index contributed by atoms with van der Waals surface area (Å²) in [7, 11) is 2.22. The number of para-hydroxylation sites is 1. The maximum Gasteiger partial charge on any atom is 0.119 e. The first-order valence-corrected chi connectivity index (χ1v) is 6.71. The van der Waals surface area contributed by atoms with Crippen LogP contribution in [0.2, 0.25) is 0 Å². The Labute approximate surface area is 105 Å². The lowest BCUT2D eigenvalue weighted by Gasteiger charge is -2.28. The fourth-order valence-corrected chi connectivity index (χ4v) is 2.43. The summed E-state index contributed by atoms with van der Waals surface area (Å²) < 4.78 is 5.71. The van der Waals surface area contributed by atoms with Gasteiger partial charge in [-0.2, -0.15) is 0 Å². The minimum atomic E-state index is 0.857. The van der Waals surface area contributed by atoms with E-state index in [2.05, 4.69) is 11.9 Å². The second-order valence-corrected chi connectivity index (χ2v) is 5.05. The number of likely N-dealkylation sites (tertiary alicyclic amines) is 1. The van der Waals surface area contributed by atoms with Crippen LogP contribution < -0.4 is 4.74 Å². The highest BCUT2D eigenvalue weighted by Gasteiger charge is 2.15. The average molecular weight is 233 g/mol. The maximum atomic E-state index is 5.71. The number of nitrogens with zero attached hydrogens (tertiary/aromatic N) is 1. The topological polar surface area (TPSA) is 12.5 Å². The molecular weight excluding hydrogens is 210 g/mol. The van der Waals surface area contributed by atoms with Crippen LogP contribution in [0.1, 0.15) is 25.7 Å². The van der Waals surface area contributed by atoms with Crippen LogP contribution >= 0.6 is 0 Å². The predicted octanol–water partition coefficient (Wildman–Crippen LogP) is 3.19. The Balaban J connectivity index is 1.57. The summed E-state index contributed by atoms with van der Waals surface area (Å²) in [6.45, 7) is 3.39. The van der Waals surface area contributed by atoms with Crippen molar-refractivity contribution in [2.75, 3.05) is 26.7 Å². The molecule has 17 heavy (non-hydrogen) atoms. The molecule has 0 unspecified atom stereocenters. The van der Waals surface area contributed by atoms with Gasteiger partial charge in [-0.3, -0.25) is 0 Å². The highest BCUT2D eigenvalue weighted by atomic mass is 16.5. The Morgan fingerprint density at radius 3 is 2.59 bits per heavy atom. The normalized spacial score (nSPS) is 18.2. The Kier molecular flexibility index (Phi) is 4.87. The molecule has 2 heteroatoms. The van der Waals surface area contributed by atoms with Gasteiger partial charge >= 0.3 is 0 Å². The molecule has 1 saturated heterocycles. The summed E-state index contributed by atoms with van der Waals surface area (Å²) in [5.74, 6) is 1.92. The minimum Gasteiger partial charge on any atom is -0.494 e. The fraction of sp³-hybridized carbons (Fsp3) is 0.600. The summed E-state index contributed by atoms with van der Waals surface area (Å²) in [6.07, 6.45) is 5.23. The SMILES string of the molecule is CN1CCC(CCCOc2ccccc2)CC1. The molecule has 1 aliphatic rings. The Bertz CT molecular complexity index is 304. The number of rotatable bonds is 5. The molecule has 1 aliphatic heterocycles. The lowest BCUT2D eigenvalue weighted by Crippen LogP contribution is -2.30. The molecule has 1 aromatic carbocycles. The van der Waals surface area contributed by atoms with Gasteiger partial charge in [-0.25, -0.2) is 0 Å². The maximum absolute atomic E-state index is 5.71. The van der Waals surface area contributed by atoms with Gasteiger partial charge in [0.1, 0.15) is 5.75 Å². The number of hydrogen-bond donors (Lipinski definition) is 0. The summed E-state index contributed by atoms with van der Waals surface area (Å²) in [4.78, 5) is 2.43. The number of benzene rings is 1. The Hall–Kier alpha value is -1.02. The molecular formula is C15H23NO. The molecule has 0 amide bonds. The van der Waals surface area contributed by atoms with Crippen molar-refractivity contribution < 1.29 is 4.74 Å². The molecule has 0 aliphatic carbocycles. The monoisotopic (exact) mass is 233 g/mol. The van der Waals surface area contributed by atoms with E-state index in [-0.39, 0.29) is 0 Å². The molecule has 0 atom stereocenters. The highest BCUT2D eigenvalue weighted by molar-refractivity contribution is 5.20. The first-order valence-electron chi connectivity index (χ1n) is 6.71. The molecule has 1 fully saturated rings. The molecule has 2 rings (SSSR count). The zero-order valence-corrected chi connectivity index (χ0v) is 10.8. The van der Waals surface area contributed by atoms with Crippen LogP contribution in [0.3, 0.4) is 0 Å². The standard InChI is InChI=1S/C15H23NO/c1-16-11-9-14(10-12-16)6-5-13-17-15-7-3-2-4-8-15/h2-4,7-8,14H,5-6,9-13H2,1H3. The summed E-state index contributed by atoms with van der Waals surface area (Å²) in [5, 5.41) is 0. The predicted molar refractivity (Wildman–Crippen MR) is 71.4 cm³/mol. The van der Waals surface area contributed by atoms with Gasteiger partial charge in [-0.15, -0.1) is 0 Å². The number of ether oxygens (including phenoxy) is 1. The van der Waals surface area contributed by atoms with E-state index in [1.807, 2.05) is 30.3 Å². The van der Waals surface area contributed by atoms with Crippen LogP contribution in [0.15, 0.2) is 30.3 Å². The van der Waals surface area contributed by atoms with Crippen molar-refractivity contribution >= 4 is 0 Å². The van der Waals surface area contributed by atoms with E-state index in [1.165, 1.54) is 38.8 Å². The largest absolute Gasteiger partial charge is 0.494 e. The fourth-order valence-electron chi connectivity index (χ4n) is 2.43. The highest BCUT2D eigenvalue weighted by Crippen LogP contribution is 2.21. The third-order valence-corrected chi connectivity index (χ3v) is 3.61. The molecule has 0 N–H and O–H groups in total. The van der Waals surface area contributed by atoms with Gasteiger partial charge in [0.15, 0.2) is 0 Å². The second kappa shape index (κ2) is 6.65. The van der Waals surface area contributed by atoms with Crippen molar-refractivity contribution in [3.8, 4) is 5.75 Å². The van der Waals surface area contributed by atoms with Crippen molar-refractivity contribution in [2.24, 2.45) is 5.92 Å². The Morgan fingerprint density at radius 1 is 1.18 bits per heavy atom. The first-order chi connectivity index (χ1) is 8.34. The third-order valence-electron chi connectivity index (χ3n) is 3.61. The van der Waals surface area contributed by atoms with E-state index < -0.39 is 0 Å². The molecule has 2 nitrogen and oxygen atoms in total. The van der Waals surface area contributed by atoms with Crippen LogP contribution in [-0.2, 0) is 0 Å². The van der Waals surface area contributed by atoms with E-state index in [0.29, 0.717) is 0 Å². The molecule has 0 spiro atoms. The summed E-state index contributed by atoms with van der Waals surface area (Å²) >= 11 is 0. The van der Waals surface area contributed by atoms with Crippen LogP contribution in [0.25, 0.3) is 0 Å². The quantitative estimate of drug-likeness (QED) is 0.724.